The molecule has 6 heteroatoms. The molecule has 3 aromatic rings. The second-order valence-corrected chi connectivity index (χ2v) is 9.24. The van der Waals surface area contributed by atoms with Crippen LogP contribution in [0.1, 0.15) is 30.4 Å². The number of hydrogen-bond donors (Lipinski definition) is 0. The van der Waals surface area contributed by atoms with Gasteiger partial charge in [-0.3, -0.25) is 4.90 Å². The number of hydrogen-bond acceptors (Lipinski definition) is 5. The quantitative estimate of drug-likeness (QED) is 0.545. The average molecular weight is 456 g/mol. The van der Waals surface area contributed by atoms with Crippen LogP contribution in [0.25, 0.3) is 11.3 Å². The van der Waals surface area contributed by atoms with E-state index in [-0.39, 0.29) is 6.10 Å². The van der Waals surface area contributed by atoms with E-state index in [0.29, 0.717) is 0 Å². The lowest BCUT2D eigenvalue weighted by Crippen LogP contribution is -2.46. The van der Waals surface area contributed by atoms with Gasteiger partial charge in [0.2, 0.25) is 0 Å². The Bertz CT molecular complexity index is 1130. The Kier molecular flexibility index (Phi) is 7.23. The standard InChI is InChI=1S/C28H33N5O/c1-23-20-24(8-7-14-31-15-17-32(18-16-31)25-9-3-2-4-10-25)12-13-27(23)28-22-33(30-29-28)21-26-11-5-6-19-34-26/h2-4,9-10,12-13,20,22,26H,5-6,11,14-19,21H2,1H3. The summed E-state index contributed by atoms with van der Waals surface area (Å²) < 4.78 is 7.75. The Morgan fingerprint density at radius 2 is 1.88 bits per heavy atom. The minimum absolute atomic E-state index is 0.253. The van der Waals surface area contributed by atoms with Crippen LogP contribution in [0.15, 0.2) is 54.7 Å². The topological polar surface area (TPSA) is 46.4 Å². The van der Waals surface area contributed by atoms with Gasteiger partial charge in [0, 0.05) is 49.6 Å². The average Bonchev–Trinajstić information content (AvgIpc) is 3.34. The van der Waals surface area contributed by atoms with Crippen LogP contribution in [0, 0.1) is 18.8 Å². The molecule has 1 aromatic heterocycles. The summed E-state index contributed by atoms with van der Waals surface area (Å²) in [5, 5.41) is 8.73. The molecule has 0 aliphatic carbocycles. The van der Waals surface area contributed by atoms with E-state index in [9.17, 15) is 0 Å². The number of para-hydroxylation sites is 1. The number of nitrogens with zero attached hydrogens (tertiary/aromatic N) is 5. The van der Waals surface area contributed by atoms with Crippen LogP contribution in [-0.4, -0.2) is 65.3 Å². The number of benzene rings is 2. The molecule has 0 spiro atoms. The zero-order chi connectivity index (χ0) is 23.2. The van der Waals surface area contributed by atoms with Crippen LogP contribution in [0.4, 0.5) is 5.69 Å². The highest BCUT2D eigenvalue weighted by Crippen LogP contribution is 2.23. The maximum absolute atomic E-state index is 5.83. The molecule has 0 radical (unpaired) electrons. The van der Waals surface area contributed by atoms with E-state index in [1.807, 2.05) is 10.9 Å². The number of piperazine rings is 1. The molecule has 5 rings (SSSR count). The number of aryl methyl sites for hydroxylation is 1. The first-order chi connectivity index (χ1) is 16.7. The van der Waals surface area contributed by atoms with Gasteiger partial charge in [0.15, 0.2) is 0 Å². The van der Waals surface area contributed by atoms with E-state index in [1.165, 1.54) is 24.1 Å². The van der Waals surface area contributed by atoms with Gasteiger partial charge in [0.05, 0.1) is 25.4 Å². The predicted octanol–water partition coefficient (Wildman–Crippen LogP) is 4.00. The van der Waals surface area contributed by atoms with Crippen LogP contribution < -0.4 is 4.90 Å². The molecule has 1 atom stereocenters. The van der Waals surface area contributed by atoms with Crippen LogP contribution in [0.3, 0.4) is 0 Å². The monoisotopic (exact) mass is 455 g/mol. The molecule has 176 valence electrons. The van der Waals surface area contributed by atoms with Crippen LogP contribution in [0.2, 0.25) is 0 Å². The Balaban J connectivity index is 1.15. The second kappa shape index (κ2) is 10.9. The van der Waals surface area contributed by atoms with Crippen molar-refractivity contribution in [2.24, 2.45) is 0 Å². The molecule has 0 amide bonds. The fourth-order valence-corrected chi connectivity index (χ4v) is 4.76. The summed E-state index contributed by atoms with van der Waals surface area (Å²) in [6.45, 7) is 8.74. The largest absolute Gasteiger partial charge is 0.376 e. The van der Waals surface area contributed by atoms with Crippen molar-refractivity contribution < 1.29 is 4.74 Å². The van der Waals surface area contributed by atoms with Gasteiger partial charge >= 0.3 is 0 Å². The van der Waals surface area contributed by atoms with Gasteiger partial charge in [-0.05, 0) is 56.0 Å². The summed E-state index contributed by atoms with van der Waals surface area (Å²) in [7, 11) is 0. The van der Waals surface area contributed by atoms with E-state index in [2.05, 4.69) is 87.4 Å². The van der Waals surface area contributed by atoms with E-state index in [1.54, 1.807) is 0 Å². The summed E-state index contributed by atoms with van der Waals surface area (Å²) in [6.07, 6.45) is 5.78. The molecule has 2 aromatic carbocycles. The molecule has 6 nitrogen and oxygen atoms in total. The maximum atomic E-state index is 5.83. The van der Waals surface area contributed by atoms with Gasteiger partial charge < -0.3 is 9.64 Å². The van der Waals surface area contributed by atoms with Crippen molar-refractivity contribution >= 4 is 5.69 Å². The molecular weight excluding hydrogens is 422 g/mol. The summed E-state index contributed by atoms with van der Waals surface area (Å²) in [4.78, 5) is 4.88. The lowest BCUT2D eigenvalue weighted by atomic mass is 10.0. The number of aromatic nitrogens is 3. The highest BCUT2D eigenvalue weighted by atomic mass is 16.5. The maximum Gasteiger partial charge on any atom is 0.113 e. The zero-order valence-corrected chi connectivity index (χ0v) is 20.0. The van der Waals surface area contributed by atoms with Crippen LogP contribution in [0.5, 0.6) is 0 Å². The fourth-order valence-electron chi connectivity index (χ4n) is 4.76. The van der Waals surface area contributed by atoms with Crippen molar-refractivity contribution in [1.29, 1.82) is 0 Å². The van der Waals surface area contributed by atoms with Crippen molar-refractivity contribution in [1.82, 2.24) is 19.9 Å². The van der Waals surface area contributed by atoms with Crippen molar-refractivity contribution in [2.75, 3.05) is 44.2 Å². The van der Waals surface area contributed by atoms with E-state index >= 15 is 0 Å². The summed E-state index contributed by atoms with van der Waals surface area (Å²) in [5.41, 5.74) is 5.55. The first-order valence-electron chi connectivity index (χ1n) is 12.4. The summed E-state index contributed by atoms with van der Waals surface area (Å²) >= 11 is 0. The second-order valence-electron chi connectivity index (χ2n) is 9.24. The minimum atomic E-state index is 0.253. The lowest BCUT2D eigenvalue weighted by molar-refractivity contribution is 0.00370. The SMILES string of the molecule is Cc1cc(C#CCN2CCN(c3ccccc3)CC2)ccc1-c1cn(CC2CCCCO2)nn1. The first kappa shape index (κ1) is 22.6. The third kappa shape index (κ3) is 5.67. The van der Waals surface area contributed by atoms with Crippen molar-refractivity contribution in [3.05, 3.63) is 65.9 Å². The zero-order valence-electron chi connectivity index (χ0n) is 20.0. The van der Waals surface area contributed by atoms with Crippen molar-refractivity contribution in [3.8, 4) is 23.1 Å². The molecule has 34 heavy (non-hydrogen) atoms. The van der Waals surface area contributed by atoms with E-state index < -0.39 is 0 Å². The van der Waals surface area contributed by atoms with Crippen LogP contribution in [-0.2, 0) is 11.3 Å². The van der Waals surface area contributed by atoms with Crippen molar-refractivity contribution in [3.63, 3.8) is 0 Å². The Labute approximate surface area is 202 Å². The molecule has 2 aliphatic rings. The Morgan fingerprint density at radius 1 is 1.03 bits per heavy atom. The van der Waals surface area contributed by atoms with Gasteiger partial charge in [-0.25, -0.2) is 4.68 Å². The van der Waals surface area contributed by atoms with Gasteiger partial charge in [0.1, 0.15) is 5.69 Å². The predicted molar refractivity (Wildman–Crippen MR) is 136 cm³/mol. The molecule has 2 aliphatic heterocycles. The molecular formula is C28H33N5O. The molecule has 2 saturated heterocycles. The van der Waals surface area contributed by atoms with E-state index in [0.717, 1.165) is 69.1 Å². The minimum Gasteiger partial charge on any atom is -0.376 e. The first-order valence-corrected chi connectivity index (χ1v) is 12.4. The molecule has 0 saturated carbocycles. The van der Waals surface area contributed by atoms with Crippen LogP contribution >= 0.6 is 0 Å². The third-order valence-electron chi connectivity index (χ3n) is 6.73. The molecule has 1 unspecified atom stereocenters. The normalized spacial score (nSPS) is 19.0. The number of ether oxygens (including phenoxy) is 1. The number of anilines is 1. The Hall–Kier alpha value is -3.14. The molecule has 3 heterocycles. The van der Waals surface area contributed by atoms with Crippen molar-refractivity contribution in [2.45, 2.75) is 38.8 Å². The summed E-state index contributed by atoms with van der Waals surface area (Å²) in [5.74, 6) is 6.72. The third-order valence-corrected chi connectivity index (χ3v) is 6.73. The smallest absolute Gasteiger partial charge is 0.113 e. The van der Waals surface area contributed by atoms with Gasteiger partial charge in [-0.15, -0.1) is 5.10 Å². The van der Waals surface area contributed by atoms with Gasteiger partial charge in [-0.1, -0.05) is 41.3 Å². The van der Waals surface area contributed by atoms with E-state index in [4.69, 9.17) is 4.74 Å². The summed E-state index contributed by atoms with van der Waals surface area (Å²) in [6, 6.07) is 17.0. The highest BCUT2D eigenvalue weighted by Gasteiger charge is 2.17. The fraction of sp³-hybridized carbons (Fsp3) is 0.429. The number of rotatable bonds is 5. The van der Waals surface area contributed by atoms with Gasteiger partial charge in [0.25, 0.3) is 0 Å². The highest BCUT2D eigenvalue weighted by molar-refractivity contribution is 5.64. The molecule has 0 bridgehead atoms. The Morgan fingerprint density at radius 3 is 2.65 bits per heavy atom. The molecule has 0 N–H and O–H groups in total. The molecule has 2 fully saturated rings. The lowest BCUT2D eigenvalue weighted by Gasteiger charge is -2.35. The van der Waals surface area contributed by atoms with Gasteiger partial charge in [-0.2, -0.15) is 0 Å².